The van der Waals surface area contributed by atoms with E-state index in [0.717, 1.165) is 16.0 Å². The molecule has 230 valence electrons. The van der Waals surface area contributed by atoms with Crippen LogP contribution in [0.15, 0.2) is 16.7 Å². The highest BCUT2D eigenvalue weighted by molar-refractivity contribution is 7.84. The van der Waals surface area contributed by atoms with Gasteiger partial charge in [-0.1, -0.05) is 10.4 Å². The first-order valence-corrected chi connectivity index (χ1v) is 14.3. The van der Waals surface area contributed by atoms with Crippen molar-refractivity contribution in [3.05, 3.63) is 23.0 Å². The van der Waals surface area contributed by atoms with E-state index in [-0.39, 0.29) is 40.7 Å². The van der Waals surface area contributed by atoms with E-state index in [9.17, 15) is 37.3 Å². The summed E-state index contributed by atoms with van der Waals surface area (Å²) < 4.78 is 37.0. The first-order chi connectivity index (χ1) is 19.3. The van der Waals surface area contributed by atoms with Crippen molar-refractivity contribution in [3.8, 4) is 0 Å². The number of nitrogens with one attached hydrogen (secondary N) is 2. The molecular weight excluding hydrogens is 600 g/mol. The van der Waals surface area contributed by atoms with Crippen LogP contribution >= 0.6 is 11.3 Å². The van der Waals surface area contributed by atoms with Gasteiger partial charge in [-0.05, 0) is 13.8 Å². The number of quaternary nitrogens is 1. The minimum atomic E-state index is -5.28. The highest BCUT2D eigenvalue weighted by Gasteiger charge is 2.52. The van der Waals surface area contributed by atoms with E-state index < -0.39 is 51.5 Å². The normalized spacial score (nSPS) is 17.9. The maximum atomic E-state index is 13.2. The summed E-state index contributed by atoms with van der Waals surface area (Å²) in [4.78, 5) is 58.3. The molecule has 42 heavy (non-hydrogen) atoms. The van der Waals surface area contributed by atoms with Crippen LogP contribution in [-0.4, -0.2) is 122 Å². The second-order valence-electron chi connectivity index (χ2n) is 10.7. The number of amides is 3. The van der Waals surface area contributed by atoms with Crippen LogP contribution in [0.25, 0.3) is 0 Å². The third-order valence-corrected chi connectivity index (χ3v) is 7.21. The van der Waals surface area contributed by atoms with Crippen LogP contribution in [0, 0.1) is 0 Å². The topological polar surface area (TPSA) is 264 Å². The maximum absolute atomic E-state index is 13.2. The Labute approximate surface area is 243 Å². The SMILES string of the molecule is CC(C)(O/N=C(\C(=O)N[C@@H]1C(=O)N(S(=O)(=O)[O-])[C@@H]1Cn1cc(CNC(=O)C[N+](C)(C)C)nn1)c1csc(N)n1)C(=O)O. The van der Waals surface area contributed by atoms with E-state index in [1.54, 1.807) is 0 Å². The summed E-state index contributed by atoms with van der Waals surface area (Å²) >= 11 is 0.938. The molecule has 21 heteroatoms. The number of nitrogen functional groups attached to an aromatic ring is 1. The molecule has 2 atom stereocenters. The number of oxime groups is 1. The number of aliphatic carboxylic acids is 1. The molecule has 0 radical (unpaired) electrons. The Kier molecular flexibility index (Phi) is 9.19. The Morgan fingerprint density at radius 2 is 1.98 bits per heavy atom. The lowest BCUT2D eigenvalue weighted by Crippen LogP contribution is -2.73. The van der Waals surface area contributed by atoms with Gasteiger partial charge in [-0.25, -0.2) is 27.2 Å². The number of nitrogens with zero attached hydrogens (tertiary/aromatic N) is 7. The predicted molar refractivity (Wildman–Crippen MR) is 143 cm³/mol. The van der Waals surface area contributed by atoms with Gasteiger partial charge in [0.1, 0.15) is 17.4 Å². The van der Waals surface area contributed by atoms with E-state index in [2.05, 4.69) is 31.1 Å². The first kappa shape index (κ1) is 32.3. The van der Waals surface area contributed by atoms with E-state index in [4.69, 9.17) is 10.6 Å². The fourth-order valence-electron chi connectivity index (χ4n) is 3.52. The van der Waals surface area contributed by atoms with Crippen LogP contribution in [0.2, 0.25) is 0 Å². The van der Waals surface area contributed by atoms with Crippen molar-refractivity contribution in [2.24, 2.45) is 5.16 Å². The summed E-state index contributed by atoms with van der Waals surface area (Å²) in [6, 6.07) is -2.95. The molecule has 0 saturated carbocycles. The third kappa shape index (κ3) is 7.96. The maximum Gasteiger partial charge on any atom is 0.350 e. The number of rotatable bonds is 13. The number of aromatic nitrogens is 4. The van der Waals surface area contributed by atoms with Gasteiger partial charge in [0.15, 0.2) is 27.7 Å². The molecule has 1 saturated heterocycles. The fraction of sp³-hybridized carbons (Fsp3) is 0.524. The quantitative estimate of drug-likeness (QED) is 0.0569. The largest absolute Gasteiger partial charge is 0.731 e. The van der Waals surface area contributed by atoms with Crippen molar-refractivity contribution in [2.45, 2.75) is 44.6 Å². The van der Waals surface area contributed by atoms with Crippen LogP contribution in [0.3, 0.4) is 0 Å². The molecule has 0 spiro atoms. The molecule has 0 bridgehead atoms. The number of anilines is 1. The molecule has 2 aromatic rings. The molecule has 3 rings (SSSR count). The number of carbonyl (C=O) groups is 4. The number of hydrogen-bond donors (Lipinski definition) is 4. The van der Waals surface area contributed by atoms with Crippen molar-refractivity contribution in [3.63, 3.8) is 0 Å². The molecule has 5 N–H and O–H groups in total. The molecule has 3 amide bonds. The Hall–Kier alpha value is -4.21. The van der Waals surface area contributed by atoms with Crippen molar-refractivity contribution in [1.29, 1.82) is 0 Å². The summed E-state index contributed by atoms with van der Waals surface area (Å²) in [6.45, 7) is 2.18. The van der Waals surface area contributed by atoms with Gasteiger partial charge in [0.2, 0.25) is 5.60 Å². The lowest BCUT2D eigenvalue weighted by molar-refractivity contribution is -0.862. The van der Waals surface area contributed by atoms with Gasteiger partial charge in [-0.15, -0.1) is 16.4 Å². The lowest BCUT2D eigenvalue weighted by Gasteiger charge is -2.47. The van der Waals surface area contributed by atoms with Crippen molar-refractivity contribution >= 4 is 56.2 Å². The summed E-state index contributed by atoms with van der Waals surface area (Å²) in [5, 5.41) is 27.0. The lowest BCUT2D eigenvalue weighted by atomic mass is 9.98. The molecular formula is C21H30N10O9S2. The Morgan fingerprint density at radius 3 is 2.52 bits per heavy atom. The van der Waals surface area contributed by atoms with E-state index in [1.165, 1.54) is 25.4 Å². The van der Waals surface area contributed by atoms with E-state index in [1.807, 2.05) is 21.1 Å². The second kappa shape index (κ2) is 12.0. The van der Waals surface area contributed by atoms with Gasteiger partial charge in [0.05, 0.1) is 46.5 Å². The molecule has 1 aliphatic heterocycles. The van der Waals surface area contributed by atoms with Gasteiger partial charge >= 0.3 is 5.97 Å². The summed E-state index contributed by atoms with van der Waals surface area (Å²) in [6.07, 6.45) is 1.37. The third-order valence-electron chi connectivity index (χ3n) is 5.60. The monoisotopic (exact) mass is 630 g/mol. The minimum absolute atomic E-state index is 0.00938. The standard InChI is InChI=1S/C21H30N10O9S2/c1-21(2,19(35)36)40-27-15(12-10-41-20(22)24-12)17(33)25-16-13(30(18(16)34)42(37,38)39)8-29-7-11(26-28-29)6-23-14(32)9-31(3,4)5/h7,10,13,16H,6,8-9H2,1-5H3,(H5-,22,23,24,25,32,33,35,36,37,38,39)/b27-15-/t13-,16+/m1/s1. The molecule has 1 aliphatic rings. The number of thiazole rings is 1. The number of carbonyl (C=O) groups excluding carboxylic acids is 3. The smallest absolute Gasteiger partial charge is 0.350 e. The molecule has 0 unspecified atom stereocenters. The zero-order valence-electron chi connectivity index (χ0n) is 23.2. The fourth-order valence-corrected chi connectivity index (χ4v) is 4.92. The Balaban J connectivity index is 1.80. The Morgan fingerprint density at radius 1 is 1.31 bits per heavy atom. The van der Waals surface area contributed by atoms with Crippen LogP contribution in [0.1, 0.15) is 25.2 Å². The number of hydrogen-bond acceptors (Lipinski definition) is 14. The van der Waals surface area contributed by atoms with Gasteiger partial charge in [0, 0.05) is 5.38 Å². The number of likely N-dealkylation sites (N-methyl/N-ethyl adjacent to an activating group) is 1. The number of β-lactam (4-membered cyclic amide) rings is 1. The highest BCUT2D eigenvalue weighted by atomic mass is 32.2. The first-order valence-electron chi connectivity index (χ1n) is 12.1. The predicted octanol–water partition coefficient (Wildman–Crippen LogP) is -2.92. The molecule has 0 aromatic carbocycles. The van der Waals surface area contributed by atoms with E-state index >= 15 is 0 Å². The van der Waals surface area contributed by atoms with Crippen molar-refractivity contribution < 1.29 is 46.6 Å². The molecule has 2 aromatic heterocycles. The second-order valence-corrected chi connectivity index (χ2v) is 12.8. The average Bonchev–Trinajstić information content (AvgIpc) is 3.47. The summed E-state index contributed by atoms with van der Waals surface area (Å²) in [5.74, 6) is -3.95. The summed E-state index contributed by atoms with van der Waals surface area (Å²) in [5.41, 5.74) is 3.42. The van der Waals surface area contributed by atoms with Crippen LogP contribution in [0.4, 0.5) is 5.13 Å². The van der Waals surface area contributed by atoms with E-state index in [0.29, 0.717) is 10.2 Å². The number of carboxylic acids is 1. The van der Waals surface area contributed by atoms with Crippen LogP contribution in [0.5, 0.6) is 0 Å². The van der Waals surface area contributed by atoms with Crippen LogP contribution < -0.4 is 16.4 Å². The minimum Gasteiger partial charge on any atom is -0.731 e. The number of carboxylic acid groups (broad SMARTS) is 1. The molecule has 3 heterocycles. The average molecular weight is 631 g/mol. The van der Waals surface area contributed by atoms with Crippen LogP contribution in [-0.2, 0) is 47.4 Å². The molecule has 19 nitrogen and oxygen atoms in total. The zero-order valence-corrected chi connectivity index (χ0v) is 24.8. The zero-order chi connectivity index (χ0) is 31.6. The van der Waals surface area contributed by atoms with Crippen molar-refractivity contribution in [1.82, 2.24) is 34.9 Å². The molecule has 0 aliphatic carbocycles. The van der Waals surface area contributed by atoms with Gasteiger partial charge < -0.3 is 35.3 Å². The highest BCUT2D eigenvalue weighted by Crippen LogP contribution is 2.25. The van der Waals surface area contributed by atoms with Crippen molar-refractivity contribution in [2.75, 3.05) is 33.4 Å². The Bertz CT molecular complexity index is 1510. The molecule has 1 fully saturated rings. The van der Waals surface area contributed by atoms with Gasteiger partial charge in [-0.3, -0.25) is 14.4 Å². The van der Waals surface area contributed by atoms with Gasteiger partial charge in [0.25, 0.3) is 17.7 Å². The number of nitrogens with two attached hydrogens (primary N) is 1. The summed E-state index contributed by atoms with van der Waals surface area (Å²) in [7, 11) is 0.239. The van der Waals surface area contributed by atoms with Gasteiger partial charge in [-0.2, -0.15) is 0 Å².